The highest BCUT2D eigenvalue weighted by Crippen LogP contribution is 2.13. The molecule has 0 radical (unpaired) electrons. The molecule has 2 amide bonds. The number of furan rings is 1. The maximum atomic E-state index is 12.0. The van der Waals surface area contributed by atoms with Gasteiger partial charge in [-0.05, 0) is 55.8 Å². The van der Waals surface area contributed by atoms with Gasteiger partial charge in [-0.1, -0.05) is 15.9 Å². The van der Waals surface area contributed by atoms with E-state index in [0.29, 0.717) is 25.9 Å². The number of carbonyl (C=O) groups is 2. The van der Waals surface area contributed by atoms with Crippen LogP contribution in [0.2, 0.25) is 0 Å². The summed E-state index contributed by atoms with van der Waals surface area (Å²) < 4.78 is 11.1. The number of halogens is 1. The smallest absolute Gasteiger partial charge is 0.319 e. The van der Waals surface area contributed by atoms with E-state index in [1.54, 1.807) is 6.26 Å². The molecule has 0 unspecified atom stereocenters. The van der Waals surface area contributed by atoms with Crippen molar-refractivity contribution < 1.29 is 18.7 Å². The zero-order valence-electron chi connectivity index (χ0n) is 15.9. The molecule has 0 aliphatic heterocycles. The number of anilines is 1. The molecule has 1 aromatic heterocycles. The van der Waals surface area contributed by atoms with Crippen molar-refractivity contribution in [1.29, 1.82) is 0 Å². The Bertz CT molecular complexity index is 720. The SMILES string of the molecule is COC(=O)CCCN(CCCNC(=O)Nc1ccc(Br)cc1)Cc1ccco1. The average Bonchev–Trinajstić information content (AvgIpc) is 3.19. The number of hydrogen-bond donors (Lipinski definition) is 2. The minimum atomic E-state index is -0.231. The van der Waals surface area contributed by atoms with Crippen LogP contribution < -0.4 is 10.6 Å². The van der Waals surface area contributed by atoms with Crippen molar-refractivity contribution in [3.63, 3.8) is 0 Å². The molecule has 1 heterocycles. The van der Waals surface area contributed by atoms with Crippen molar-refractivity contribution in [2.75, 3.05) is 32.1 Å². The Morgan fingerprint density at radius 2 is 1.89 bits per heavy atom. The number of carbonyl (C=O) groups excluding carboxylic acids is 2. The highest BCUT2D eigenvalue weighted by atomic mass is 79.9. The van der Waals surface area contributed by atoms with Gasteiger partial charge < -0.3 is 19.8 Å². The summed E-state index contributed by atoms with van der Waals surface area (Å²) in [6.45, 7) is 2.74. The van der Waals surface area contributed by atoms with Crippen molar-refractivity contribution in [3.05, 3.63) is 52.9 Å². The first-order valence-electron chi connectivity index (χ1n) is 9.19. The maximum absolute atomic E-state index is 12.0. The molecule has 8 heteroatoms. The van der Waals surface area contributed by atoms with Crippen LogP contribution in [0.15, 0.2) is 51.6 Å². The van der Waals surface area contributed by atoms with Crippen LogP contribution in [0.1, 0.15) is 25.0 Å². The highest BCUT2D eigenvalue weighted by Gasteiger charge is 2.10. The first-order valence-corrected chi connectivity index (χ1v) is 9.98. The lowest BCUT2D eigenvalue weighted by atomic mass is 10.2. The molecule has 0 saturated carbocycles. The fourth-order valence-electron chi connectivity index (χ4n) is 2.66. The van der Waals surface area contributed by atoms with Crippen molar-refractivity contribution in [1.82, 2.24) is 10.2 Å². The van der Waals surface area contributed by atoms with E-state index >= 15 is 0 Å². The van der Waals surface area contributed by atoms with Crippen LogP contribution in [-0.2, 0) is 16.1 Å². The van der Waals surface area contributed by atoms with E-state index in [-0.39, 0.29) is 12.0 Å². The Kier molecular flexibility index (Phi) is 9.57. The molecule has 0 fully saturated rings. The molecule has 2 N–H and O–H groups in total. The molecule has 0 aliphatic carbocycles. The van der Waals surface area contributed by atoms with Crippen LogP contribution in [-0.4, -0.2) is 43.6 Å². The number of urea groups is 1. The van der Waals surface area contributed by atoms with Gasteiger partial charge >= 0.3 is 12.0 Å². The normalized spacial score (nSPS) is 10.7. The quantitative estimate of drug-likeness (QED) is 0.398. The number of nitrogens with one attached hydrogen (secondary N) is 2. The second-order valence-electron chi connectivity index (χ2n) is 6.28. The zero-order valence-corrected chi connectivity index (χ0v) is 17.5. The van der Waals surface area contributed by atoms with Crippen LogP contribution in [0.4, 0.5) is 10.5 Å². The third kappa shape index (κ3) is 8.58. The summed E-state index contributed by atoms with van der Waals surface area (Å²) in [6.07, 6.45) is 3.53. The third-order valence-corrected chi connectivity index (χ3v) is 4.61. The van der Waals surface area contributed by atoms with Gasteiger partial charge in [-0.25, -0.2) is 4.79 Å². The van der Waals surface area contributed by atoms with Gasteiger partial charge in [-0.15, -0.1) is 0 Å². The van der Waals surface area contributed by atoms with E-state index in [9.17, 15) is 9.59 Å². The number of ether oxygens (including phenoxy) is 1. The fourth-order valence-corrected chi connectivity index (χ4v) is 2.92. The fraction of sp³-hybridized carbons (Fsp3) is 0.400. The summed E-state index contributed by atoms with van der Waals surface area (Å²) in [5.74, 6) is 0.670. The first-order chi connectivity index (χ1) is 13.6. The lowest BCUT2D eigenvalue weighted by Gasteiger charge is -2.21. The number of benzene rings is 1. The molecular weight excluding hydrogens is 426 g/mol. The van der Waals surface area contributed by atoms with Crippen molar-refractivity contribution in [2.24, 2.45) is 0 Å². The predicted octanol–water partition coefficient (Wildman–Crippen LogP) is 4.01. The molecule has 0 aliphatic rings. The Morgan fingerprint density at radius 3 is 2.57 bits per heavy atom. The maximum Gasteiger partial charge on any atom is 0.319 e. The summed E-state index contributed by atoms with van der Waals surface area (Å²) in [6, 6.07) is 11.0. The Labute approximate surface area is 173 Å². The Morgan fingerprint density at radius 1 is 1.14 bits per heavy atom. The number of esters is 1. The van der Waals surface area contributed by atoms with E-state index in [1.165, 1.54) is 7.11 Å². The largest absolute Gasteiger partial charge is 0.469 e. The molecule has 0 atom stereocenters. The Hall–Kier alpha value is -2.32. The van der Waals surface area contributed by atoms with E-state index < -0.39 is 0 Å². The zero-order chi connectivity index (χ0) is 20.2. The summed E-state index contributed by atoms with van der Waals surface area (Å²) in [7, 11) is 1.40. The minimum absolute atomic E-state index is 0.204. The van der Waals surface area contributed by atoms with Gasteiger partial charge in [0.15, 0.2) is 0 Å². The molecule has 2 rings (SSSR count). The van der Waals surface area contributed by atoms with E-state index in [0.717, 1.165) is 35.4 Å². The van der Waals surface area contributed by atoms with Gasteiger partial charge in [0.1, 0.15) is 5.76 Å². The van der Waals surface area contributed by atoms with Gasteiger partial charge in [0.25, 0.3) is 0 Å². The number of hydrogen-bond acceptors (Lipinski definition) is 5. The molecule has 28 heavy (non-hydrogen) atoms. The summed E-state index contributed by atoms with van der Waals surface area (Å²) in [5.41, 5.74) is 0.739. The second-order valence-corrected chi connectivity index (χ2v) is 7.19. The lowest BCUT2D eigenvalue weighted by Crippen LogP contribution is -2.33. The van der Waals surface area contributed by atoms with E-state index in [1.807, 2.05) is 36.4 Å². The van der Waals surface area contributed by atoms with Crippen molar-refractivity contribution in [2.45, 2.75) is 25.8 Å². The van der Waals surface area contributed by atoms with Crippen molar-refractivity contribution in [3.8, 4) is 0 Å². The summed E-state index contributed by atoms with van der Waals surface area (Å²) in [5, 5.41) is 5.65. The predicted molar refractivity (Wildman–Crippen MR) is 111 cm³/mol. The molecule has 0 spiro atoms. The monoisotopic (exact) mass is 451 g/mol. The molecule has 2 aromatic rings. The number of rotatable bonds is 11. The van der Waals surface area contributed by atoms with Crippen LogP contribution in [0.3, 0.4) is 0 Å². The molecular formula is C20H26BrN3O4. The van der Waals surface area contributed by atoms with Crippen LogP contribution in [0.5, 0.6) is 0 Å². The van der Waals surface area contributed by atoms with Gasteiger partial charge in [0, 0.05) is 29.7 Å². The molecule has 7 nitrogen and oxygen atoms in total. The molecule has 152 valence electrons. The van der Waals surface area contributed by atoms with Crippen LogP contribution in [0, 0.1) is 0 Å². The molecule has 1 aromatic carbocycles. The van der Waals surface area contributed by atoms with Crippen molar-refractivity contribution >= 4 is 33.6 Å². The minimum Gasteiger partial charge on any atom is -0.469 e. The van der Waals surface area contributed by atoms with Gasteiger partial charge in [-0.3, -0.25) is 9.69 Å². The standard InChI is InChI=1S/C20H26BrN3O4/c1-27-19(25)6-2-12-24(15-18-5-3-14-28-18)13-4-11-22-20(26)23-17-9-7-16(21)8-10-17/h3,5,7-10,14H,2,4,6,11-13,15H2,1H3,(H2,22,23,26). The highest BCUT2D eigenvalue weighted by molar-refractivity contribution is 9.10. The number of methoxy groups -OCH3 is 1. The van der Waals surface area contributed by atoms with Crippen LogP contribution in [0.25, 0.3) is 0 Å². The summed E-state index contributed by atoms with van der Waals surface area (Å²) in [4.78, 5) is 25.5. The molecule has 0 saturated heterocycles. The topological polar surface area (TPSA) is 83.8 Å². The number of amides is 2. The first kappa shape index (κ1) is 22.0. The Balaban J connectivity index is 1.70. The van der Waals surface area contributed by atoms with Gasteiger partial charge in [0.2, 0.25) is 0 Å². The average molecular weight is 452 g/mol. The second kappa shape index (κ2) is 12.2. The lowest BCUT2D eigenvalue weighted by molar-refractivity contribution is -0.140. The van der Waals surface area contributed by atoms with Crippen LogP contribution >= 0.6 is 15.9 Å². The third-order valence-electron chi connectivity index (χ3n) is 4.08. The molecule has 0 bridgehead atoms. The summed E-state index contributed by atoms with van der Waals surface area (Å²) >= 11 is 3.36. The van der Waals surface area contributed by atoms with Gasteiger partial charge in [-0.2, -0.15) is 0 Å². The van der Waals surface area contributed by atoms with E-state index in [4.69, 9.17) is 4.42 Å². The van der Waals surface area contributed by atoms with E-state index in [2.05, 4.69) is 36.2 Å². The number of nitrogens with zero attached hydrogens (tertiary/aromatic N) is 1. The van der Waals surface area contributed by atoms with Gasteiger partial charge in [0.05, 0.1) is 19.9 Å².